The van der Waals surface area contributed by atoms with Gasteiger partial charge in [0.1, 0.15) is 0 Å². The summed E-state index contributed by atoms with van der Waals surface area (Å²) in [5, 5.41) is 3.23. The number of carbonyl (C=O) groups is 1. The van der Waals surface area contributed by atoms with Crippen molar-refractivity contribution < 1.29 is 13.2 Å². The fraction of sp³-hybridized carbons (Fsp3) is 0.188. The van der Waals surface area contributed by atoms with E-state index >= 15 is 0 Å². The number of benzene rings is 2. The van der Waals surface area contributed by atoms with E-state index in [1.807, 2.05) is 13.8 Å². The second-order valence-electron chi connectivity index (χ2n) is 5.26. The van der Waals surface area contributed by atoms with Gasteiger partial charge >= 0.3 is 0 Å². The first-order valence-corrected chi connectivity index (χ1v) is 8.83. The normalized spacial score (nSPS) is 11.3. The van der Waals surface area contributed by atoms with Crippen LogP contribution in [0.5, 0.6) is 0 Å². The van der Waals surface area contributed by atoms with Crippen LogP contribution in [0.3, 0.4) is 0 Å². The van der Waals surface area contributed by atoms with E-state index < -0.39 is 10.0 Å². The molecule has 0 fully saturated rings. The molecule has 2 rings (SSSR count). The molecule has 0 saturated carbocycles. The third-order valence-electron chi connectivity index (χ3n) is 2.94. The predicted molar refractivity (Wildman–Crippen MR) is 91.3 cm³/mol. The van der Waals surface area contributed by atoms with Crippen molar-refractivity contribution in [3.8, 4) is 0 Å². The topological polar surface area (TPSA) is 75.3 Å². The van der Waals surface area contributed by atoms with Crippen LogP contribution in [0.2, 0.25) is 5.02 Å². The van der Waals surface area contributed by atoms with Gasteiger partial charge in [0.2, 0.25) is 0 Å². The molecule has 2 N–H and O–H groups in total. The summed E-state index contributed by atoms with van der Waals surface area (Å²) in [4.78, 5) is 12.0. The van der Waals surface area contributed by atoms with E-state index in [0.29, 0.717) is 16.3 Å². The van der Waals surface area contributed by atoms with Crippen molar-refractivity contribution in [3.63, 3.8) is 0 Å². The van der Waals surface area contributed by atoms with Crippen molar-refractivity contribution in [2.75, 3.05) is 4.72 Å². The maximum absolute atomic E-state index is 12.2. The molecule has 0 saturated heterocycles. The molecule has 122 valence electrons. The Labute approximate surface area is 140 Å². The molecule has 2 aromatic carbocycles. The molecule has 7 heteroatoms. The molecule has 1 amide bonds. The first-order valence-electron chi connectivity index (χ1n) is 6.97. The Bertz CT molecular complexity index is 785. The first kappa shape index (κ1) is 17.3. The third-order valence-corrected chi connectivity index (χ3v) is 4.59. The number of hydrogen-bond donors (Lipinski definition) is 2. The van der Waals surface area contributed by atoms with Gasteiger partial charge in [0.05, 0.1) is 4.90 Å². The van der Waals surface area contributed by atoms with Gasteiger partial charge in [-0.1, -0.05) is 11.6 Å². The standard InChI is InChI=1S/C16H17ClN2O3S/c1-11(2)18-16(20)12-3-7-14(8-4-12)19-23(21,22)15-9-5-13(17)6-10-15/h3-11,19H,1-2H3,(H,18,20). The van der Waals surface area contributed by atoms with E-state index in [0.717, 1.165) is 0 Å². The molecule has 0 radical (unpaired) electrons. The van der Waals surface area contributed by atoms with Crippen LogP contribution >= 0.6 is 11.6 Å². The van der Waals surface area contributed by atoms with Crippen LogP contribution < -0.4 is 10.0 Å². The van der Waals surface area contributed by atoms with Crippen molar-refractivity contribution in [1.82, 2.24) is 5.32 Å². The summed E-state index contributed by atoms with van der Waals surface area (Å²) < 4.78 is 26.9. The van der Waals surface area contributed by atoms with Gasteiger partial charge in [0.15, 0.2) is 0 Å². The first-order chi connectivity index (χ1) is 10.8. The lowest BCUT2D eigenvalue weighted by Gasteiger charge is -2.10. The van der Waals surface area contributed by atoms with Crippen molar-refractivity contribution >= 4 is 33.2 Å². The van der Waals surface area contributed by atoms with Crippen molar-refractivity contribution in [1.29, 1.82) is 0 Å². The van der Waals surface area contributed by atoms with E-state index in [4.69, 9.17) is 11.6 Å². The predicted octanol–water partition coefficient (Wildman–Crippen LogP) is 3.28. The van der Waals surface area contributed by atoms with Crippen molar-refractivity contribution in [2.24, 2.45) is 0 Å². The van der Waals surface area contributed by atoms with E-state index in [1.54, 1.807) is 24.3 Å². The fourth-order valence-electron chi connectivity index (χ4n) is 1.86. The van der Waals surface area contributed by atoms with Crippen LogP contribution in [0.25, 0.3) is 0 Å². The molecule has 0 atom stereocenters. The van der Waals surface area contributed by atoms with Gasteiger partial charge < -0.3 is 5.32 Å². The number of amides is 1. The number of hydrogen-bond acceptors (Lipinski definition) is 3. The minimum Gasteiger partial charge on any atom is -0.350 e. The summed E-state index contributed by atoms with van der Waals surface area (Å²) in [7, 11) is -3.69. The SMILES string of the molecule is CC(C)NC(=O)c1ccc(NS(=O)(=O)c2ccc(Cl)cc2)cc1. The fourth-order valence-corrected chi connectivity index (χ4v) is 3.05. The maximum atomic E-state index is 12.2. The third kappa shape index (κ3) is 4.71. The molecule has 0 bridgehead atoms. The van der Waals surface area contributed by atoms with E-state index in [1.165, 1.54) is 24.3 Å². The van der Waals surface area contributed by atoms with Gasteiger partial charge in [-0.2, -0.15) is 0 Å². The van der Waals surface area contributed by atoms with Gasteiger partial charge in [-0.15, -0.1) is 0 Å². The van der Waals surface area contributed by atoms with Gasteiger partial charge in [-0.25, -0.2) is 8.42 Å². The van der Waals surface area contributed by atoms with Crippen LogP contribution in [-0.2, 0) is 10.0 Å². The zero-order chi connectivity index (χ0) is 17.0. The zero-order valence-electron chi connectivity index (χ0n) is 12.7. The lowest BCUT2D eigenvalue weighted by molar-refractivity contribution is 0.0943. The highest BCUT2D eigenvalue weighted by Gasteiger charge is 2.14. The van der Waals surface area contributed by atoms with Crippen molar-refractivity contribution in [2.45, 2.75) is 24.8 Å². The zero-order valence-corrected chi connectivity index (χ0v) is 14.3. The van der Waals surface area contributed by atoms with E-state index in [-0.39, 0.29) is 16.8 Å². The number of anilines is 1. The number of nitrogens with one attached hydrogen (secondary N) is 2. The number of rotatable bonds is 5. The van der Waals surface area contributed by atoms with Gasteiger partial charge in [0, 0.05) is 22.3 Å². The molecule has 0 aromatic heterocycles. The molecule has 0 aliphatic rings. The highest BCUT2D eigenvalue weighted by molar-refractivity contribution is 7.92. The van der Waals surface area contributed by atoms with Crippen LogP contribution in [-0.4, -0.2) is 20.4 Å². The Morgan fingerprint density at radius 2 is 1.57 bits per heavy atom. The largest absolute Gasteiger partial charge is 0.350 e. The monoisotopic (exact) mass is 352 g/mol. The minimum atomic E-state index is -3.69. The van der Waals surface area contributed by atoms with Crippen LogP contribution in [0.4, 0.5) is 5.69 Å². The second kappa shape index (κ2) is 7.02. The molecular weight excluding hydrogens is 336 g/mol. The maximum Gasteiger partial charge on any atom is 0.261 e. The molecule has 2 aromatic rings. The summed E-state index contributed by atoms with van der Waals surface area (Å²) in [5.74, 6) is -0.202. The highest BCUT2D eigenvalue weighted by atomic mass is 35.5. The molecule has 0 aliphatic heterocycles. The van der Waals surface area contributed by atoms with Gasteiger partial charge in [-0.3, -0.25) is 9.52 Å². The Kier molecular flexibility index (Phi) is 5.28. The second-order valence-corrected chi connectivity index (χ2v) is 7.38. The van der Waals surface area contributed by atoms with Crippen LogP contribution in [0.15, 0.2) is 53.4 Å². The molecule has 23 heavy (non-hydrogen) atoms. The molecule has 0 heterocycles. The smallest absolute Gasteiger partial charge is 0.261 e. The summed E-state index contributed by atoms with van der Waals surface area (Å²) >= 11 is 5.75. The summed E-state index contributed by atoms with van der Waals surface area (Å²) in [6, 6.07) is 12.1. The lowest BCUT2D eigenvalue weighted by atomic mass is 10.2. The Hall–Kier alpha value is -2.05. The van der Waals surface area contributed by atoms with E-state index in [2.05, 4.69) is 10.0 Å². The summed E-state index contributed by atoms with van der Waals surface area (Å²) in [5.41, 5.74) is 0.842. The van der Waals surface area contributed by atoms with Crippen molar-refractivity contribution in [3.05, 3.63) is 59.1 Å². The van der Waals surface area contributed by atoms with Crippen LogP contribution in [0, 0.1) is 0 Å². The quantitative estimate of drug-likeness (QED) is 0.867. The molecule has 0 spiro atoms. The summed E-state index contributed by atoms with van der Waals surface area (Å²) in [6.45, 7) is 3.74. The Balaban J connectivity index is 2.14. The van der Waals surface area contributed by atoms with Gasteiger partial charge in [-0.05, 0) is 62.4 Å². The number of halogens is 1. The Morgan fingerprint density at radius 3 is 2.09 bits per heavy atom. The Morgan fingerprint density at radius 1 is 1.00 bits per heavy atom. The minimum absolute atomic E-state index is 0.0329. The number of carbonyl (C=O) groups excluding carboxylic acids is 1. The number of sulfonamides is 1. The average molecular weight is 353 g/mol. The van der Waals surface area contributed by atoms with Gasteiger partial charge in [0.25, 0.3) is 15.9 Å². The molecule has 0 aliphatic carbocycles. The average Bonchev–Trinajstić information content (AvgIpc) is 2.47. The summed E-state index contributed by atoms with van der Waals surface area (Å²) in [6.07, 6.45) is 0. The van der Waals surface area contributed by atoms with Crippen LogP contribution in [0.1, 0.15) is 24.2 Å². The molecule has 5 nitrogen and oxygen atoms in total. The molecule has 0 unspecified atom stereocenters. The highest BCUT2D eigenvalue weighted by Crippen LogP contribution is 2.18. The lowest BCUT2D eigenvalue weighted by Crippen LogP contribution is -2.30. The van der Waals surface area contributed by atoms with E-state index in [9.17, 15) is 13.2 Å². The molecular formula is C16H17ClN2O3S.